The molecular formula is C17H26N2O2. The van der Waals surface area contributed by atoms with Gasteiger partial charge in [0.25, 0.3) is 0 Å². The Morgan fingerprint density at radius 1 is 1.19 bits per heavy atom. The molecule has 1 aliphatic carbocycles. The van der Waals surface area contributed by atoms with E-state index in [-0.39, 0.29) is 18.6 Å². The Kier molecular flexibility index (Phi) is 6.70. The maximum Gasteiger partial charge on any atom is 0.246 e. The van der Waals surface area contributed by atoms with Gasteiger partial charge in [-0.25, -0.2) is 0 Å². The first-order valence-electron chi connectivity index (χ1n) is 7.93. The summed E-state index contributed by atoms with van der Waals surface area (Å²) in [4.78, 5) is 11.8. The van der Waals surface area contributed by atoms with Crippen molar-refractivity contribution in [3.63, 3.8) is 0 Å². The van der Waals surface area contributed by atoms with Crippen LogP contribution in [0.4, 0.5) is 0 Å². The summed E-state index contributed by atoms with van der Waals surface area (Å²) in [5.41, 5.74) is 1.11. The molecule has 1 aromatic carbocycles. The monoisotopic (exact) mass is 290 g/mol. The van der Waals surface area contributed by atoms with Crippen LogP contribution in [-0.2, 0) is 16.1 Å². The maximum atomic E-state index is 11.8. The van der Waals surface area contributed by atoms with Crippen LogP contribution in [0, 0.1) is 0 Å². The standard InChI is InChI=1S/C17H26N2O2/c1-2-18-15-8-10-16(11-9-15)21-13-17(20)19-12-14-6-4-3-5-7-14/h3-7,15-16,18H,2,8-13H2,1H3,(H,19,20). The van der Waals surface area contributed by atoms with Gasteiger partial charge in [0.05, 0.1) is 6.10 Å². The Hall–Kier alpha value is -1.39. The molecule has 1 saturated carbocycles. The fourth-order valence-corrected chi connectivity index (χ4v) is 2.76. The lowest BCUT2D eigenvalue weighted by Gasteiger charge is -2.28. The maximum absolute atomic E-state index is 11.8. The Labute approximate surface area is 127 Å². The molecule has 0 unspecified atom stereocenters. The predicted octanol–water partition coefficient (Wildman–Crippen LogP) is 2.24. The molecule has 0 spiro atoms. The number of amides is 1. The Bertz CT molecular complexity index is 414. The minimum atomic E-state index is -0.0346. The van der Waals surface area contributed by atoms with Crippen LogP contribution < -0.4 is 10.6 Å². The molecule has 2 rings (SSSR count). The topological polar surface area (TPSA) is 50.4 Å². The third-order valence-electron chi connectivity index (χ3n) is 3.95. The van der Waals surface area contributed by atoms with Crippen LogP contribution in [0.3, 0.4) is 0 Å². The van der Waals surface area contributed by atoms with Crippen LogP contribution in [0.5, 0.6) is 0 Å². The lowest BCUT2D eigenvalue weighted by molar-refractivity contribution is -0.128. The largest absolute Gasteiger partial charge is 0.368 e. The molecular weight excluding hydrogens is 264 g/mol. The van der Waals surface area contributed by atoms with Crippen LogP contribution in [0.1, 0.15) is 38.2 Å². The normalized spacial score (nSPS) is 22.0. The SMILES string of the molecule is CCNC1CCC(OCC(=O)NCc2ccccc2)CC1. The summed E-state index contributed by atoms with van der Waals surface area (Å²) in [6.07, 6.45) is 4.61. The van der Waals surface area contributed by atoms with Gasteiger partial charge in [0.15, 0.2) is 0 Å². The average Bonchev–Trinajstić information content (AvgIpc) is 2.53. The predicted molar refractivity (Wildman–Crippen MR) is 84.0 cm³/mol. The zero-order valence-electron chi connectivity index (χ0n) is 12.8. The Balaban J connectivity index is 1.59. The molecule has 0 bridgehead atoms. The number of ether oxygens (including phenoxy) is 1. The van der Waals surface area contributed by atoms with E-state index in [1.54, 1.807) is 0 Å². The van der Waals surface area contributed by atoms with Crippen LogP contribution in [-0.4, -0.2) is 31.2 Å². The van der Waals surface area contributed by atoms with Crippen molar-refractivity contribution in [3.05, 3.63) is 35.9 Å². The third-order valence-corrected chi connectivity index (χ3v) is 3.95. The van der Waals surface area contributed by atoms with E-state index in [4.69, 9.17) is 4.74 Å². The number of hydrogen-bond donors (Lipinski definition) is 2. The summed E-state index contributed by atoms with van der Waals surface area (Å²) in [5.74, 6) is -0.0346. The van der Waals surface area contributed by atoms with Crippen molar-refractivity contribution in [2.45, 2.75) is 51.3 Å². The molecule has 0 aromatic heterocycles. The van der Waals surface area contributed by atoms with Gasteiger partial charge in [0.2, 0.25) is 5.91 Å². The molecule has 4 heteroatoms. The second kappa shape index (κ2) is 8.80. The fourth-order valence-electron chi connectivity index (χ4n) is 2.76. The molecule has 0 saturated heterocycles. The van der Waals surface area contributed by atoms with Crippen LogP contribution in [0.2, 0.25) is 0 Å². The van der Waals surface area contributed by atoms with Gasteiger partial charge in [-0.15, -0.1) is 0 Å². The summed E-state index contributed by atoms with van der Waals surface area (Å²) >= 11 is 0. The summed E-state index contributed by atoms with van der Waals surface area (Å²) < 4.78 is 5.72. The first kappa shape index (κ1) is 16.0. The Morgan fingerprint density at radius 3 is 2.57 bits per heavy atom. The lowest BCUT2D eigenvalue weighted by Crippen LogP contribution is -2.36. The van der Waals surface area contributed by atoms with Crippen molar-refractivity contribution in [1.29, 1.82) is 0 Å². The minimum Gasteiger partial charge on any atom is -0.368 e. The molecule has 4 nitrogen and oxygen atoms in total. The molecule has 0 radical (unpaired) electrons. The second-order valence-electron chi connectivity index (χ2n) is 5.60. The van der Waals surface area contributed by atoms with Crippen molar-refractivity contribution in [1.82, 2.24) is 10.6 Å². The molecule has 21 heavy (non-hydrogen) atoms. The van der Waals surface area contributed by atoms with Gasteiger partial charge in [-0.1, -0.05) is 37.3 Å². The van der Waals surface area contributed by atoms with Crippen molar-refractivity contribution >= 4 is 5.91 Å². The second-order valence-corrected chi connectivity index (χ2v) is 5.60. The number of carbonyl (C=O) groups is 1. The van der Waals surface area contributed by atoms with Crippen molar-refractivity contribution in [2.24, 2.45) is 0 Å². The molecule has 116 valence electrons. The van der Waals surface area contributed by atoms with Crippen molar-refractivity contribution in [2.75, 3.05) is 13.2 Å². The average molecular weight is 290 g/mol. The number of benzene rings is 1. The zero-order chi connectivity index (χ0) is 14.9. The molecule has 2 N–H and O–H groups in total. The fraction of sp³-hybridized carbons (Fsp3) is 0.588. The van der Waals surface area contributed by atoms with E-state index in [0.29, 0.717) is 12.6 Å². The van der Waals surface area contributed by atoms with E-state index in [9.17, 15) is 4.79 Å². The van der Waals surface area contributed by atoms with E-state index in [1.807, 2.05) is 30.3 Å². The van der Waals surface area contributed by atoms with Crippen molar-refractivity contribution in [3.8, 4) is 0 Å². The summed E-state index contributed by atoms with van der Waals surface area (Å²) in [6.45, 7) is 3.90. The van der Waals surface area contributed by atoms with Gasteiger partial charge >= 0.3 is 0 Å². The highest BCUT2D eigenvalue weighted by Crippen LogP contribution is 2.20. The third kappa shape index (κ3) is 5.86. The van der Waals surface area contributed by atoms with Crippen LogP contribution in [0.25, 0.3) is 0 Å². The summed E-state index contributed by atoms with van der Waals surface area (Å²) in [5, 5.41) is 6.36. The van der Waals surface area contributed by atoms with Gasteiger partial charge < -0.3 is 15.4 Å². The van der Waals surface area contributed by atoms with Crippen LogP contribution >= 0.6 is 0 Å². The highest BCUT2D eigenvalue weighted by Gasteiger charge is 2.21. The van der Waals surface area contributed by atoms with Crippen molar-refractivity contribution < 1.29 is 9.53 Å². The molecule has 1 aromatic rings. The number of nitrogens with one attached hydrogen (secondary N) is 2. The number of rotatable bonds is 7. The highest BCUT2D eigenvalue weighted by atomic mass is 16.5. The lowest BCUT2D eigenvalue weighted by atomic mass is 9.93. The number of carbonyl (C=O) groups excluding carboxylic acids is 1. The minimum absolute atomic E-state index is 0.0346. The molecule has 0 aliphatic heterocycles. The molecule has 0 heterocycles. The molecule has 0 atom stereocenters. The first-order valence-corrected chi connectivity index (χ1v) is 7.93. The Morgan fingerprint density at radius 2 is 1.90 bits per heavy atom. The molecule has 1 fully saturated rings. The van der Waals surface area contributed by atoms with Gasteiger partial charge in [-0.05, 0) is 37.8 Å². The number of hydrogen-bond acceptors (Lipinski definition) is 3. The van der Waals surface area contributed by atoms with E-state index in [0.717, 1.165) is 37.8 Å². The smallest absolute Gasteiger partial charge is 0.246 e. The highest BCUT2D eigenvalue weighted by molar-refractivity contribution is 5.77. The van der Waals surface area contributed by atoms with E-state index in [1.165, 1.54) is 0 Å². The molecule has 1 aliphatic rings. The summed E-state index contributed by atoms with van der Waals surface area (Å²) in [7, 11) is 0. The first-order chi connectivity index (χ1) is 10.3. The summed E-state index contributed by atoms with van der Waals surface area (Å²) in [6, 6.07) is 10.5. The van der Waals surface area contributed by atoms with Gasteiger partial charge in [-0.2, -0.15) is 0 Å². The van der Waals surface area contributed by atoms with Gasteiger partial charge in [0.1, 0.15) is 6.61 Å². The zero-order valence-corrected chi connectivity index (χ0v) is 12.8. The van der Waals surface area contributed by atoms with Crippen LogP contribution in [0.15, 0.2) is 30.3 Å². The van der Waals surface area contributed by atoms with Gasteiger partial charge in [0, 0.05) is 12.6 Å². The van der Waals surface area contributed by atoms with E-state index in [2.05, 4.69) is 17.6 Å². The van der Waals surface area contributed by atoms with E-state index < -0.39 is 0 Å². The van der Waals surface area contributed by atoms with Gasteiger partial charge in [-0.3, -0.25) is 4.79 Å². The van der Waals surface area contributed by atoms with E-state index >= 15 is 0 Å². The quantitative estimate of drug-likeness (QED) is 0.810. The molecule has 1 amide bonds.